The molecule has 0 amide bonds. The van der Waals surface area contributed by atoms with Gasteiger partial charge in [0.1, 0.15) is 5.75 Å². The van der Waals surface area contributed by atoms with Crippen LogP contribution in [0.5, 0.6) is 5.75 Å². The summed E-state index contributed by atoms with van der Waals surface area (Å²) in [6.45, 7) is 0.488. The zero-order chi connectivity index (χ0) is 23.4. The molecule has 4 rings (SSSR count). The average Bonchev–Trinajstić information content (AvgIpc) is 3.27. The number of carbonyl (C=O) groups is 1. The van der Waals surface area contributed by atoms with Gasteiger partial charge in [0.25, 0.3) is 5.91 Å². The zero-order valence-electron chi connectivity index (χ0n) is 18.6. The molecule has 0 spiro atoms. The van der Waals surface area contributed by atoms with E-state index in [2.05, 4.69) is 15.4 Å². The van der Waals surface area contributed by atoms with Crippen molar-refractivity contribution < 1.29 is 9.53 Å². The number of aromatic nitrogens is 3. The fraction of sp³-hybridized carbons (Fsp3) is 0.160. The molecule has 1 N–H and O–H groups in total. The summed E-state index contributed by atoms with van der Waals surface area (Å²) >= 11 is 5.98. The minimum Gasteiger partial charge on any atom is -0.497 e. The predicted octanol–water partition coefficient (Wildman–Crippen LogP) is 4.97. The lowest BCUT2D eigenvalue weighted by molar-refractivity contribution is 0.0947. The van der Waals surface area contributed by atoms with Crippen molar-refractivity contribution in [3.63, 3.8) is 0 Å². The second-order valence-electron chi connectivity index (χ2n) is 7.63. The third kappa shape index (κ3) is 5.15. The molecule has 0 atom stereocenters. The van der Waals surface area contributed by atoms with E-state index in [-0.39, 0.29) is 5.91 Å². The Labute approximate surface area is 197 Å². The molecular formula is C25H24ClN5O2. The fourth-order valence-electron chi connectivity index (χ4n) is 3.24. The maximum absolute atomic E-state index is 13.2. The quantitative estimate of drug-likeness (QED) is 0.418. The third-order valence-corrected chi connectivity index (χ3v) is 5.39. The largest absolute Gasteiger partial charge is 0.497 e. The molecule has 0 aliphatic carbocycles. The van der Waals surface area contributed by atoms with Gasteiger partial charge in [-0.05, 0) is 66.2 Å². The maximum atomic E-state index is 13.2. The van der Waals surface area contributed by atoms with Crippen molar-refractivity contribution in [2.45, 2.75) is 6.54 Å². The topological polar surface area (TPSA) is 72.3 Å². The number of ether oxygens (including phenoxy) is 1. The van der Waals surface area contributed by atoms with E-state index in [0.29, 0.717) is 28.9 Å². The number of halogens is 1. The molecule has 1 aromatic heterocycles. The van der Waals surface area contributed by atoms with Crippen molar-refractivity contribution in [1.29, 1.82) is 0 Å². The minimum absolute atomic E-state index is 0.301. The molecule has 0 saturated heterocycles. The van der Waals surface area contributed by atoms with Crippen molar-refractivity contribution in [1.82, 2.24) is 14.8 Å². The lowest BCUT2D eigenvalue weighted by atomic mass is 10.2. The summed E-state index contributed by atoms with van der Waals surface area (Å²) in [6, 6.07) is 22.2. The Bertz CT molecular complexity index is 1230. The van der Waals surface area contributed by atoms with E-state index in [1.807, 2.05) is 67.5 Å². The smallest absolute Gasteiger partial charge is 0.281 e. The molecule has 3 aromatic carbocycles. The Hall–Kier alpha value is -3.84. The van der Waals surface area contributed by atoms with E-state index in [1.165, 1.54) is 4.68 Å². The number of hydrogen-bond acceptors (Lipinski definition) is 6. The molecule has 0 aliphatic heterocycles. The molecule has 0 radical (unpaired) electrons. The minimum atomic E-state index is -0.301. The van der Waals surface area contributed by atoms with Crippen LogP contribution in [0.4, 0.5) is 11.6 Å². The highest BCUT2D eigenvalue weighted by Crippen LogP contribution is 2.23. The highest BCUT2D eigenvalue weighted by atomic mass is 35.5. The summed E-state index contributed by atoms with van der Waals surface area (Å²) in [7, 11) is 5.61. The monoisotopic (exact) mass is 461 g/mol. The number of benzene rings is 3. The summed E-state index contributed by atoms with van der Waals surface area (Å²) < 4.78 is 6.51. The van der Waals surface area contributed by atoms with Gasteiger partial charge < -0.3 is 15.0 Å². The molecule has 168 valence electrons. The van der Waals surface area contributed by atoms with Gasteiger partial charge in [0.15, 0.2) is 5.82 Å². The van der Waals surface area contributed by atoms with Crippen molar-refractivity contribution in [2.24, 2.45) is 0 Å². The van der Waals surface area contributed by atoms with Crippen LogP contribution in [0, 0.1) is 0 Å². The van der Waals surface area contributed by atoms with E-state index >= 15 is 0 Å². The first-order valence-electron chi connectivity index (χ1n) is 10.4. The van der Waals surface area contributed by atoms with Crippen LogP contribution in [-0.4, -0.2) is 41.9 Å². The lowest BCUT2D eigenvalue weighted by Crippen LogP contribution is -2.17. The lowest BCUT2D eigenvalue weighted by Gasteiger charge is -2.13. The maximum Gasteiger partial charge on any atom is 0.281 e. The Kier molecular flexibility index (Phi) is 6.60. The summed E-state index contributed by atoms with van der Waals surface area (Å²) in [5.41, 5.74) is 3.41. The van der Waals surface area contributed by atoms with Crippen molar-refractivity contribution in [2.75, 3.05) is 31.4 Å². The van der Waals surface area contributed by atoms with Gasteiger partial charge in [-0.15, -0.1) is 5.10 Å². The van der Waals surface area contributed by atoms with Gasteiger partial charge in [0.05, 0.1) is 7.11 Å². The third-order valence-electron chi connectivity index (χ3n) is 5.14. The van der Waals surface area contributed by atoms with Crippen LogP contribution in [0.2, 0.25) is 5.02 Å². The molecular weight excluding hydrogens is 438 g/mol. The number of rotatable bonds is 7. The van der Waals surface area contributed by atoms with Crippen LogP contribution in [0.1, 0.15) is 15.9 Å². The van der Waals surface area contributed by atoms with Gasteiger partial charge in [-0.25, -0.2) is 0 Å². The van der Waals surface area contributed by atoms with E-state index in [0.717, 1.165) is 22.6 Å². The number of hydrogen-bond donors (Lipinski definition) is 1. The predicted molar refractivity (Wildman–Crippen MR) is 131 cm³/mol. The molecule has 33 heavy (non-hydrogen) atoms. The van der Waals surface area contributed by atoms with Crippen LogP contribution in [0.3, 0.4) is 0 Å². The van der Waals surface area contributed by atoms with Crippen LogP contribution in [-0.2, 0) is 6.54 Å². The van der Waals surface area contributed by atoms with Gasteiger partial charge in [-0.1, -0.05) is 23.7 Å². The number of methoxy groups -OCH3 is 1. The number of carbonyl (C=O) groups excluding carboxylic acids is 1. The summed E-state index contributed by atoms with van der Waals surface area (Å²) in [5, 5.41) is 8.31. The molecule has 0 bridgehead atoms. The Morgan fingerprint density at radius 2 is 1.67 bits per heavy atom. The van der Waals surface area contributed by atoms with E-state index in [9.17, 15) is 4.79 Å². The average molecular weight is 462 g/mol. The fourth-order valence-corrected chi connectivity index (χ4v) is 3.36. The highest BCUT2D eigenvalue weighted by Gasteiger charge is 2.19. The van der Waals surface area contributed by atoms with Crippen LogP contribution >= 0.6 is 11.6 Å². The first kappa shape index (κ1) is 22.4. The number of nitrogens with one attached hydrogen (secondary N) is 1. The first-order chi connectivity index (χ1) is 15.9. The molecule has 1 heterocycles. The summed E-state index contributed by atoms with van der Waals surface area (Å²) in [5.74, 6) is 1.22. The van der Waals surface area contributed by atoms with Gasteiger partial charge in [0, 0.05) is 42.5 Å². The number of anilines is 2. The molecule has 0 unspecified atom stereocenters. The van der Waals surface area contributed by atoms with Gasteiger partial charge in [-0.3, -0.25) is 4.79 Å². The van der Waals surface area contributed by atoms with Crippen LogP contribution < -0.4 is 15.0 Å². The van der Waals surface area contributed by atoms with E-state index in [4.69, 9.17) is 16.3 Å². The highest BCUT2D eigenvalue weighted by molar-refractivity contribution is 6.30. The standard InChI is InChI=1S/C25H24ClN5O2/c1-30(2)21-12-4-17(5-13-21)16-27-25-28-23(18-8-14-22(33-3)15-9-18)29-31(25)24(32)19-6-10-20(26)11-7-19/h4-15H,16H2,1-3H3,(H,27,28,29). The van der Waals surface area contributed by atoms with E-state index < -0.39 is 0 Å². The summed E-state index contributed by atoms with van der Waals surface area (Å²) in [4.78, 5) is 19.9. The summed E-state index contributed by atoms with van der Waals surface area (Å²) in [6.07, 6.45) is 0. The normalized spacial score (nSPS) is 10.7. The second kappa shape index (κ2) is 9.75. The van der Waals surface area contributed by atoms with E-state index in [1.54, 1.807) is 31.4 Å². The Balaban J connectivity index is 1.64. The molecule has 4 aromatic rings. The first-order valence-corrected chi connectivity index (χ1v) is 10.7. The van der Waals surface area contributed by atoms with Crippen molar-refractivity contribution in [3.05, 3.63) is 88.9 Å². The van der Waals surface area contributed by atoms with Crippen LogP contribution in [0.25, 0.3) is 11.4 Å². The number of nitrogens with zero attached hydrogens (tertiary/aromatic N) is 4. The molecule has 0 fully saturated rings. The Morgan fingerprint density at radius 1 is 1.00 bits per heavy atom. The molecule has 0 aliphatic rings. The zero-order valence-corrected chi connectivity index (χ0v) is 19.4. The molecule has 0 saturated carbocycles. The van der Waals surface area contributed by atoms with Gasteiger partial charge in [0.2, 0.25) is 5.95 Å². The van der Waals surface area contributed by atoms with Crippen LogP contribution in [0.15, 0.2) is 72.8 Å². The van der Waals surface area contributed by atoms with Gasteiger partial charge in [-0.2, -0.15) is 9.67 Å². The SMILES string of the molecule is COc1ccc(-c2nc(NCc3ccc(N(C)C)cc3)n(C(=O)c3ccc(Cl)cc3)n2)cc1. The van der Waals surface area contributed by atoms with Crippen molar-refractivity contribution in [3.8, 4) is 17.1 Å². The second-order valence-corrected chi connectivity index (χ2v) is 8.06. The van der Waals surface area contributed by atoms with Crippen molar-refractivity contribution >= 4 is 29.1 Å². The van der Waals surface area contributed by atoms with Gasteiger partial charge >= 0.3 is 0 Å². The molecule has 8 heteroatoms. The Morgan fingerprint density at radius 3 is 2.27 bits per heavy atom. The molecule has 7 nitrogen and oxygen atoms in total.